The lowest BCUT2D eigenvalue weighted by Gasteiger charge is -2.16. The molecule has 0 aliphatic rings. The second kappa shape index (κ2) is 6.96. The van der Waals surface area contributed by atoms with Gasteiger partial charge in [-0.1, -0.05) is 6.07 Å². The highest BCUT2D eigenvalue weighted by Crippen LogP contribution is 2.25. The number of ether oxygens (including phenoxy) is 2. The quantitative estimate of drug-likeness (QED) is 0.515. The van der Waals surface area contributed by atoms with Crippen LogP contribution in [0.3, 0.4) is 0 Å². The SMILES string of the molecule is COCC(C)OC(=O)[C@@H](N)Cc1ccc(O)c(O)c1. The molecule has 1 aromatic rings. The summed E-state index contributed by atoms with van der Waals surface area (Å²) in [5.74, 6) is -0.989. The van der Waals surface area contributed by atoms with E-state index >= 15 is 0 Å². The number of hydrogen-bond donors (Lipinski definition) is 3. The van der Waals surface area contributed by atoms with Crippen LogP contribution >= 0.6 is 0 Å². The third kappa shape index (κ3) is 4.76. The van der Waals surface area contributed by atoms with Crippen molar-refractivity contribution >= 4 is 5.97 Å². The van der Waals surface area contributed by atoms with Gasteiger partial charge in [-0.3, -0.25) is 4.79 Å². The average molecular weight is 269 g/mol. The molecule has 6 heteroatoms. The maximum absolute atomic E-state index is 11.7. The molecule has 0 amide bonds. The number of phenolic OH excluding ortho intramolecular Hbond substituents is 2. The standard InChI is InChI=1S/C13H19NO5/c1-8(7-18-2)19-13(17)10(14)5-9-3-4-11(15)12(16)6-9/h3-4,6,8,10,15-16H,5,7,14H2,1-2H3/t8?,10-/m0/s1. The van der Waals surface area contributed by atoms with Gasteiger partial charge in [-0.15, -0.1) is 0 Å². The molecule has 2 atom stereocenters. The van der Waals surface area contributed by atoms with Gasteiger partial charge in [-0.25, -0.2) is 0 Å². The van der Waals surface area contributed by atoms with Crippen molar-refractivity contribution in [3.63, 3.8) is 0 Å². The number of carbonyl (C=O) groups is 1. The van der Waals surface area contributed by atoms with E-state index in [2.05, 4.69) is 0 Å². The van der Waals surface area contributed by atoms with Crippen LogP contribution in [0.25, 0.3) is 0 Å². The fraction of sp³-hybridized carbons (Fsp3) is 0.462. The average Bonchev–Trinajstić information content (AvgIpc) is 2.34. The summed E-state index contributed by atoms with van der Waals surface area (Å²) < 4.78 is 9.93. The van der Waals surface area contributed by atoms with Crippen molar-refractivity contribution in [3.8, 4) is 11.5 Å². The van der Waals surface area contributed by atoms with Crippen molar-refractivity contribution in [1.29, 1.82) is 0 Å². The molecule has 19 heavy (non-hydrogen) atoms. The fourth-order valence-corrected chi connectivity index (χ4v) is 1.59. The Morgan fingerprint density at radius 3 is 2.63 bits per heavy atom. The normalized spacial score (nSPS) is 13.8. The molecule has 0 fully saturated rings. The highest BCUT2D eigenvalue weighted by Gasteiger charge is 2.18. The van der Waals surface area contributed by atoms with Gasteiger partial charge in [-0.2, -0.15) is 0 Å². The van der Waals surface area contributed by atoms with Crippen molar-refractivity contribution in [2.75, 3.05) is 13.7 Å². The van der Waals surface area contributed by atoms with E-state index in [0.717, 1.165) is 0 Å². The smallest absolute Gasteiger partial charge is 0.323 e. The van der Waals surface area contributed by atoms with Crippen molar-refractivity contribution in [2.24, 2.45) is 5.73 Å². The zero-order valence-electron chi connectivity index (χ0n) is 11.0. The van der Waals surface area contributed by atoms with E-state index in [1.165, 1.54) is 19.2 Å². The summed E-state index contributed by atoms with van der Waals surface area (Å²) in [6.07, 6.45) is -0.149. The lowest BCUT2D eigenvalue weighted by Crippen LogP contribution is -2.37. The molecule has 0 radical (unpaired) electrons. The first-order chi connectivity index (χ1) is 8.93. The number of rotatable bonds is 6. The van der Waals surface area contributed by atoms with Gasteiger partial charge in [0.2, 0.25) is 0 Å². The molecule has 106 valence electrons. The number of esters is 1. The Hall–Kier alpha value is -1.79. The second-order valence-corrected chi connectivity index (χ2v) is 4.34. The molecule has 0 aliphatic heterocycles. The third-order valence-electron chi connectivity index (χ3n) is 2.52. The lowest BCUT2D eigenvalue weighted by molar-refractivity contribution is -0.152. The van der Waals surface area contributed by atoms with Crippen LogP contribution in [0.5, 0.6) is 11.5 Å². The van der Waals surface area contributed by atoms with E-state index in [-0.39, 0.29) is 24.0 Å². The summed E-state index contributed by atoms with van der Waals surface area (Å²) >= 11 is 0. The number of carbonyl (C=O) groups excluding carboxylic acids is 1. The highest BCUT2D eigenvalue weighted by molar-refractivity contribution is 5.76. The Labute approximate surface area is 111 Å². The largest absolute Gasteiger partial charge is 0.504 e. The summed E-state index contributed by atoms with van der Waals surface area (Å²) in [6, 6.07) is 3.46. The summed E-state index contributed by atoms with van der Waals surface area (Å²) in [5, 5.41) is 18.5. The number of methoxy groups -OCH3 is 1. The van der Waals surface area contributed by atoms with Crippen LogP contribution in [0, 0.1) is 0 Å². The van der Waals surface area contributed by atoms with Crippen LogP contribution in [-0.4, -0.2) is 42.0 Å². The number of phenols is 2. The molecule has 0 bridgehead atoms. The van der Waals surface area contributed by atoms with Crippen LogP contribution in [-0.2, 0) is 20.7 Å². The zero-order valence-corrected chi connectivity index (χ0v) is 11.0. The van der Waals surface area contributed by atoms with E-state index in [1.54, 1.807) is 13.0 Å². The van der Waals surface area contributed by atoms with Gasteiger partial charge in [-0.05, 0) is 31.0 Å². The van der Waals surface area contributed by atoms with Crippen LogP contribution < -0.4 is 5.73 Å². The Bertz CT molecular complexity index is 435. The van der Waals surface area contributed by atoms with Crippen LogP contribution in [0.1, 0.15) is 12.5 Å². The molecule has 6 nitrogen and oxygen atoms in total. The van der Waals surface area contributed by atoms with E-state index in [0.29, 0.717) is 12.2 Å². The Kier molecular flexibility index (Phi) is 5.59. The molecule has 0 aliphatic carbocycles. The van der Waals surface area contributed by atoms with Crippen LogP contribution in [0.4, 0.5) is 0 Å². The van der Waals surface area contributed by atoms with Crippen molar-refractivity contribution in [2.45, 2.75) is 25.5 Å². The monoisotopic (exact) mass is 269 g/mol. The van der Waals surface area contributed by atoms with Gasteiger partial charge in [0.25, 0.3) is 0 Å². The molecule has 4 N–H and O–H groups in total. The number of nitrogens with two attached hydrogens (primary N) is 1. The molecule has 1 aromatic carbocycles. The lowest BCUT2D eigenvalue weighted by atomic mass is 10.1. The molecule has 1 rings (SSSR count). The predicted molar refractivity (Wildman–Crippen MR) is 68.9 cm³/mol. The molecule has 0 saturated carbocycles. The van der Waals surface area contributed by atoms with Gasteiger partial charge in [0.05, 0.1) is 6.61 Å². The maximum atomic E-state index is 11.7. The summed E-state index contributed by atoms with van der Waals surface area (Å²) in [4.78, 5) is 11.7. The maximum Gasteiger partial charge on any atom is 0.323 e. The van der Waals surface area contributed by atoms with Gasteiger partial charge in [0, 0.05) is 7.11 Å². The topological polar surface area (TPSA) is 102 Å². The first-order valence-corrected chi connectivity index (χ1v) is 5.90. The van der Waals surface area contributed by atoms with Gasteiger partial charge >= 0.3 is 5.97 Å². The van der Waals surface area contributed by atoms with Gasteiger partial charge in [0.15, 0.2) is 11.5 Å². The summed E-state index contributed by atoms with van der Waals surface area (Å²) in [7, 11) is 1.52. The van der Waals surface area contributed by atoms with Crippen molar-refractivity contribution in [1.82, 2.24) is 0 Å². The fourth-order valence-electron chi connectivity index (χ4n) is 1.59. The molecular formula is C13H19NO5. The predicted octanol–water partition coefficient (Wildman–Crippen LogP) is 0.546. The minimum atomic E-state index is -0.830. The van der Waals surface area contributed by atoms with Crippen LogP contribution in [0.15, 0.2) is 18.2 Å². The Morgan fingerprint density at radius 1 is 1.37 bits per heavy atom. The molecule has 0 saturated heterocycles. The van der Waals surface area contributed by atoms with E-state index in [4.69, 9.17) is 15.2 Å². The summed E-state index contributed by atoms with van der Waals surface area (Å²) in [5.41, 5.74) is 6.36. The van der Waals surface area contributed by atoms with Gasteiger partial charge < -0.3 is 25.4 Å². The molecular weight excluding hydrogens is 250 g/mol. The highest BCUT2D eigenvalue weighted by atomic mass is 16.6. The van der Waals surface area contributed by atoms with Crippen molar-refractivity contribution < 1.29 is 24.5 Å². The van der Waals surface area contributed by atoms with E-state index in [1.807, 2.05) is 0 Å². The minimum Gasteiger partial charge on any atom is -0.504 e. The minimum absolute atomic E-state index is 0.214. The molecule has 0 spiro atoms. The van der Waals surface area contributed by atoms with Crippen molar-refractivity contribution in [3.05, 3.63) is 23.8 Å². The second-order valence-electron chi connectivity index (χ2n) is 4.34. The number of hydrogen-bond acceptors (Lipinski definition) is 6. The number of aromatic hydroxyl groups is 2. The Balaban J connectivity index is 2.56. The first-order valence-electron chi connectivity index (χ1n) is 5.90. The van der Waals surface area contributed by atoms with Gasteiger partial charge in [0.1, 0.15) is 12.1 Å². The summed E-state index contributed by atoms with van der Waals surface area (Å²) in [6.45, 7) is 2.01. The van der Waals surface area contributed by atoms with E-state index < -0.39 is 12.0 Å². The zero-order chi connectivity index (χ0) is 14.4. The third-order valence-corrected chi connectivity index (χ3v) is 2.52. The molecule has 0 aromatic heterocycles. The van der Waals surface area contributed by atoms with Crippen LogP contribution in [0.2, 0.25) is 0 Å². The first kappa shape index (κ1) is 15.3. The number of benzene rings is 1. The Morgan fingerprint density at radius 2 is 2.05 bits per heavy atom. The molecule has 1 unspecified atom stereocenters. The molecule has 0 heterocycles. The van der Waals surface area contributed by atoms with E-state index in [9.17, 15) is 15.0 Å².